The van der Waals surface area contributed by atoms with Gasteiger partial charge in [0.2, 0.25) is 0 Å². The molecule has 0 radical (unpaired) electrons. The first-order valence-corrected chi connectivity index (χ1v) is 23.2. The van der Waals surface area contributed by atoms with Crippen molar-refractivity contribution < 1.29 is 19.5 Å². The number of hydrogen-bond acceptors (Lipinski definition) is 4. The SMILES string of the molecule is CCCCCCC/C=C(/C=O)CCCCCC.CCCCCCCC=O.CCCCCCCCC(C=O)CCCCCC.CCCCCCCCO. The summed E-state index contributed by atoms with van der Waals surface area (Å²) < 4.78 is 0. The Morgan fingerprint density at radius 2 is 0.769 bits per heavy atom. The smallest absolute Gasteiger partial charge is 0.145 e. The first kappa shape index (κ1) is 57.4. The van der Waals surface area contributed by atoms with Crippen molar-refractivity contribution in [3.05, 3.63) is 11.6 Å². The molecule has 0 fully saturated rings. The fourth-order valence-corrected chi connectivity index (χ4v) is 6.02. The van der Waals surface area contributed by atoms with Gasteiger partial charge in [-0.25, -0.2) is 0 Å². The van der Waals surface area contributed by atoms with Gasteiger partial charge in [-0.3, -0.25) is 4.79 Å². The minimum atomic E-state index is 0.345. The van der Waals surface area contributed by atoms with Gasteiger partial charge in [-0.1, -0.05) is 215 Å². The van der Waals surface area contributed by atoms with Crippen LogP contribution >= 0.6 is 0 Å². The molecule has 52 heavy (non-hydrogen) atoms. The minimum Gasteiger partial charge on any atom is -0.396 e. The van der Waals surface area contributed by atoms with E-state index in [1.807, 2.05) is 0 Å². The molecule has 0 heterocycles. The predicted molar refractivity (Wildman–Crippen MR) is 232 cm³/mol. The van der Waals surface area contributed by atoms with Crippen LogP contribution in [0.15, 0.2) is 11.6 Å². The van der Waals surface area contributed by atoms with E-state index in [-0.39, 0.29) is 0 Å². The Hall–Kier alpha value is -1.29. The number of carbonyl (C=O) groups is 3. The maximum atomic E-state index is 10.9. The average molecular weight is 737 g/mol. The summed E-state index contributed by atoms with van der Waals surface area (Å²) in [6, 6.07) is 0. The summed E-state index contributed by atoms with van der Waals surface area (Å²) >= 11 is 0. The summed E-state index contributed by atoms with van der Waals surface area (Å²) in [6.45, 7) is 13.7. The fraction of sp³-hybridized carbons (Fsp3) is 0.896. The van der Waals surface area contributed by atoms with Crippen molar-refractivity contribution in [2.75, 3.05) is 6.61 Å². The molecule has 0 aliphatic carbocycles. The zero-order valence-electron chi connectivity index (χ0n) is 36.5. The van der Waals surface area contributed by atoms with Gasteiger partial charge in [0.05, 0.1) is 0 Å². The fourth-order valence-electron chi connectivity index (χ4n) is 6.02. The third-order valence-electron chi connectivity index (χ3n) is 9.67. The molecule has 1 unspecified atom stereocenters. The number of hydrogen-bond donors (Lipinski definition) is 1. The molecule has 1 atom stereocenters. The van der Waals surface area contributed by atoms with E-state index in [1.54, 1.807) is 0 Å². The summed E-state index contributed by atoms with van der Waals surface area (Å²) in [5, 5.41) is 8.42. The Bertz CT molecular complexity index is 653. The topological polar surface area (TPSA) is 71.4 Å². The third kappa shape index (κ3) is 60.8. The largest absolute Gasteiger partial charge is 0.396 e. The lowest BCUT2D eigenvalue weighted by molar-refractivity contribution is -0.111. The van der Waals surface area contributed by atoms with Crippen LogP contribution in [-0.2, 0) is 14.4 Å². The van der Waals surface area contributed by atoms with Crippen LogP contribution in [0.3, 0.4) is 0 Å². The highest BCUT2D eigenvalue weighted by atomic mass is 16.3. The molecule has 4 heteroatoms. The molecule has 0 rings (SSSR count). The molecule has 0 amide bonds. The summed E-state index contributed by atoms with van der Waals surface area (Å²) in [4.78, 5) is 31.6. The van der Waals surface area contributed by atoms with Gasteiger partial charge in [-0.2, -0.15) is 0 Å². The molecule has 0 saturated carbocycles. The quantitative estimate of drug-likeness (QED) is 0.0391. The number of aliphatic hydroxyl groups is 1. The van der Waals surface area contributed by atoms with Gasteiger partial charge in [0.1, 0.15) is 18.9 Å². The van der Waals surface area contributed by atoms with Crippen molar-refractivity contribution in [2.45, 2.75) is 266 Å². The molecule has 0 aromatic rings. The Morgan fingerprint density at radius 1 is 0.423 bits per heavy atom. The molecule has 0 aromatic heterocycles. The normalized spacial score (nSPS) is 11.3. The number of carbonyl (C=O) groups excluding carboxylic acids is 3. The Morgan fingerprint density at radius 3 is 1.15 bits per heavy atom. The van der Waals surface area contributed by atoms with Crippen LogP contribution in [0, 0.1) is 5.92 Å². The van der Waals surface area contributed by atoms with Gasteiger partial charge >= 0.3 is 0 Å². The summed E-state index contributed by atoms with van der Waals surface area (Å²) in [7, 11) is 0. The van der Waals surface area contributed by atoms with Gasteiger partial charge in [0.15, 0.2) is 0 Å². The van der Waals surface area contributed by atoms with E-state index in [0.717, 1.165) is 63.1 Å². The highest BCUT2D eigenvalue weighted by molar-refractivity contribution is 5.72. The van der Waals surface area contributed by atoms with Crippen molar-refractivity contribution in [3.8, 4) is 0 Å². The molecule has 0 bridgehead atoms. The zero-order chi connectivity index (χ0) is 39.4. The minimum absolute atomic E-state index is 0.345. The average Bonchev–Trinajstić information content (AvgIpc) is 3.17. The van der Waals surface area contributed by atoms with Gasteiger partial charge in [-0.05, 0) is 56.9 Å². The predicted octanol–water partition coefficient (Wildman–Crippen LogP) is 15.9. The lowest BCUT2D eigenvalue weighted by atomic mass is 9.95. The van der Waals surface area contributed by atoms with Crippen LogP contribution in [0.1, 0.15) is 266 Å². The van der Waals surface area contributed by atoms with Crippen LogP contribution in [0.5, 0.6) is 0 Å². The molecular formula is C48H96O4. The number of unbranched alkanes of at least 4 members (excludes halogenated alkanes) is 26. The summed E-state index contributed by atoms with van der Waals surface area (Å²) in [5.74, 6) is 0.345. The standard InChI is InChI=1S/C16H32O.C16H30O.C8H18O.C8H16O/c2*1-3-5-7-9-10-12-14-16(15-17)13-11-8-6-4-2;2*1-2-3-4-5-6-7-8-9/h15-16H,3-14H2,1-2H3;14-15H,3-13H2,1-2H3;9H,2-8H2,1H3;8H,2-7H2,1H3/b;16-14+;;. The van der Waals surface area contributed by atoms with Gasteiger partial charge in [-0.15, -0.1) is 0 Å². The van der Waals surface area contributed by atoms with E-state index in [2.05, 4.69) is 47.6 Å². The van der Waals surface area contributed by atoms with E-state index in [1.165, 1.54) is 186 Å². The van der Waals surface area contributed by atoms with Crippen molar-refractivity contribution >= 4 is 18.9 Å². The first-order valence-electron chi connectivity index (χ1n) is 23.2. The molecule has 0 spiro atoms. The van der Waals surface area contributed by atoms with Crippen LogP contribution < -0.4 is 0 Å². The van der Waals surface area contributed by atoms with Gasteiger partial charge in [0.25, 0.3) is 0 Å². The van der Waals surface area contributed by atoms with Crippen molar-refractivity contribution in [1.29, 1.82) is 0 Å². The summed E-state index contributed by atoms with van der Waals surface area (Å²) in [5.41, 5.74) is 1.02. The number of aliphatic hydroxyl groups excluding tert-OH is 1. The second-order valence-electron chi connectivity index (χ2n) is 15.1. The van der Waals surface area contributed by atoms with Crippen LogP contribution in [0.25, 0.3) is 0 Å². The maximum absolute atomic E-state index is 10.9. The Balaban J connectivity index is -0.000000309. The molecule has 0 aliphatic rings. The molecular weight excluding hydrogens is 641 g/mol. The van der Waals surface area contributed by atoms with E-state index in [0.29, 0.717) is 12.5 Å². The monoisotopic (exact) mass is 737 g/mol. The summed E-state index contributed by atoms with van der Waals surface area (Å²) in [6.07, 6.45) is 48.9. The zero-order valence-corrected chi connectivity index (χ0v) is 36.5. The van der Waals surface area contributed by atoms with E-state index < -0.39 is 0 Å². The molecule has 4 nitrogen and oxygen atoms in total. The van der Waals surface area contributed by atoms with E-state index >= 15 is 0 Å². The highest BCUT2D eigenvalue weighted by Crippen LogP contribution is 2.17. The van der Waals surface area contributed by atoms with Crippen LogP contribution in [-0.4, -0.2) is 30.6 Å². The first-order chi connectivity index (χ1) is 25.5. The van der Waals surface area contributed by atoms with Crippen molar-refractivity contribution in [3.63, 3.8) is 0 Å². The van der Waals surface area contributed by atoms with Gasteiger partial charge in [0, 0.05) is 18.9 Å². The van der Waals surface area contributed by atoms with Gasteiger partial charge < -0.3 is 14.7 Å². The molecule has 1 N–H and O–H groups in total. The van der Waals surface area contributed by atoms with Crippen LogP contribution in [0.4, 0.5) is 0 Å². The van der Waals surface area contributed by atoms with E-state index in [9.17, 15) is 14.4 Å². The molecule has 0 saturated heterocycles. The number of aldehydes is 3. The second kappa shape index (κ2) is 59.0. The molecule has 0 aliphatic heterocycles. The van der Waals surface area contributed by atoms with E-state index in [4.69, 9.17) is 5.11 Å². The number of allylic oxidation sites excluding steroid dienone is 2. The van der Waals surface area contributed by atoms with Crippen LogP contribution in [0.2, 0.25) is 0 Å². The van der Waals surface area contributed by atoms with Crippen molar-refractivity contribution in [1.82, 2.24) is 0 Å². The Labute approximate surface area is 327 Å². The van der Waals surface area contributed by atoms with Crippen molar-refractivity contribution in [2.24, 2.45) is 5.92 Å². The maximum Gasteiger partial charge on any atom is 0.145 e. The molecule has 0 aromatic carbocycles. The lowest BCUT2D eigenvalue weighted by Gasteiger charge is -2.09. The second-order valence-corrected chi connectivity index (χ2v) is 15.1. The highest BCUT2D eigenvalue weighted by Gasteiger charge is 2.06. The lowest BCUT2D eigenvalue weighted by Crippen LogP contribution is -2.02. The Kier molecular flexibility index (Phi) is 65.2. The third-order valence-corrected chi connectivity index (χ3v) is 9.67. The molecule has 312 valence electrons. The number of rotatable bonds is 37.